The Balaban J connectivity index is 2.74. The molecule has 0 saturated carbocycles. The molecule has 1 fully saturated rings. The van der Waals surface area contributed by atoms with E-state index in [9.17, 15) is 13.6 Å². The Morgan fingerprint density at radius 3 is 2.42 bits per heavy atom. The van der Waals surface area contributed by atoms with Crippen LogP contribution >= 0.6 is 0 Å². The SMILES string of the molecule is CC(=O)C1(C)CC(F)(F)CCO1. The molecule has 1 heterocycles. The van der Waals surface area contributed by atoms with Gasteiger partial charge in [0.05, 0.1) is 6.61 Å². The lowest BCUT2D eigenvalue weighted by atomic mass is 9.90. The minimum atomic E-state index is -2.75. The maximum atomic E-state index is 12.8. The van der Waals surface area contributed by atoms with Crippen molar-refractivity contribution in [2.24, 2.45) is 0 Å². The minimum absolute atomic E-state index is 0.0386. The summed E-state index contributed by atoms with van der Waals surface area (Å²) in [5, 5.41) is 0. The maximum Gasteiger partial charge on any atom is 0.253 e. The zero-order valence-electron chi connectivity index (χ0n) is 7.19. The summed E-state index contributed by atoms with van der Waals surface area (Å²) >= 11 is 0. The van der Waals surface area contributed by atoms with Crippen LogP contribution in [0.2, 0.25) is 0 Å². The highest BCUT2D eigenvalue weighted by Gasteiger charge is 2.46. The van der Waals surface area contributed by atoms with Crippen molar-refractivity contribution >= 4 is 5.78 Å². The van der Waals surface area contributed by atoms with E-state index < -0.39 is 17.9 Å². The highest BCUT2D eigenvalue weighted by atomic mass is 19.3. The van der Waals surface area contributed by atoms with E-state index in [-0.39, 0.29) is 18.8 Å². The summed E-state index contributed by atoms with van der Waals surface area (Å²) in [5.41, 5.74) is -1.28. The van der Waals surface area contributed by atoms with E-state index in [1.165, 1.54) is 13.8 Å². The van der Waals surface area contributed by atoms with Crippen molar-refractivity contribution in [1.29, 1.82) is 0 Å². The average Bonchev–Trinajstić information content (AvgIpc) is 1.83. The number of hydrogen-bond donors (Lipinski definition) is 0. The van der Waals surface area contributed by atoms with Crippen LogP contribution in [0.1, 0.15) is 26.7 Å². The number of carbonyl (C=O) groups is 1. The molecule has 2 nitrogen and oxygen atoms in total. The Kier molecular flexibility index (Phi) is 2.21. The molecule has 1 unspecified atom stereocenters. The van der Waals surface area contributed by atoms with Crippen LogP contribution in [0.5, 0.6) is 0 Å². The number of Topliss-reactive ketones (excluding diaryl/α,β-unsaturated/α-hetero) is 1. The third-order valence-corrected chi connectivity index (χ3v) is 2.23. The molecule has 70 valence electrons. The molecule has 0 aromatic carbocycles. The van der Waals surface area contributed by atoms with Gasteiger partial charge in [0.1, 0.15) is 5.60 Å². The Labute approximate surface area is 69.9 Å². The first-order chi connectivity index (χ1) is 5.36. The van der Waals surface area contributed by atoms with Gasteiger partial charge in [-0.05, 0) is 13.8 Å². The van der Waals surface area contributed by atoms with E-state index in [1.54, 1.807) is 0 Å². The molecule has 1 rings (SSSR count). The molecule has 0 bridgehead atoms. The maximum absolute atomic E-state index is 12.8. The second-order valence-electron chi connectivity index (χ2n) is 3.42. The largest absolute Gasteiger partial charge is 0.367 e. The molecule has 1 saturated heterocycles. The van der Waals surface area contributed by atoms with Crippen LogP contribution in [0.3, 0.4) is 0 Å². The van der Waals surface area contributed by atoms with Crippen LogP contribution in [0.15, 0.2) is 0 Å². The van der Waals surface area contributed by atoms with Gasteiger partial charge in [-0.2, -0.15) is 0 Å². The van der Waals surface area contributed by atoms with Crippen molar-refractivity contribution in [1.82, 2.24) is 0 Å². The van der Waals surface area contributed by atoms with Gasteiger partial charge in [0.15, 0.2) is 5.78 Å². The Bertz CT molecular complexity index is 203. The van der Waals surface area contributed by atoms with Gasteiger partial charge in [-0.15, -0.1) is 0 Å². The molecule has 1 aliphatic rings. The smallest absolute Gasteiger partial charge is 0.253 e. The van der Waals surface area contributed by atoms with Crippen molar-refractivity contribution in [2.45, 2.75) is 38.2 Å². The van der Waals surface area contributed by atoms with Crippen molar-refractivity contribution in [2.75, 3.05) is 6.61 Å². The third-order valence-electron chi connectivity index (χ3n) is 2.23. The first-order valence-corrected chi connectivity index (χ1v) is 3.89. The van der Waals surface area contributed by atoms with Crippen molar-refractivity contribution < 1.29 is 18.3 Å². The fourth-order valence-corrected chi connectivity index (χ4v) is 1.28. The van der Waals surface area contributed by atoms with Crippen LogP contribution in [-0.2, 0) is 9.53 Å². The monoisotopic (exact) mass is 178 g/mol. The lowest BCUT2D eigenvalue weighted by molar-refractivity contribution is -0.181. The van der Waals surface area contributed by atoms with E-state index in [0.29, 0.717) is 0 Å². The number of carbonyl (C=O) groups excluding carboxylic acids is 1. The molecule has 0 aromatic rings. The van der Waals surface area contributed by atoms with Gasteiger partial charge in [0.2, 0.25) is 0 Å². The van der Waals surface area contributed by atoms with Crippen LogP contribution < -0.4 is 0 Å². The predicted molar refractivity (Wildman–Crippen MR) is 39.2 cm³/mol. The molecule has 0 aromatic heterocycles. The number of ether oxygens (including phenoxy) is 1. The standard InChI is InChI=1S/C8H12F2O2/c1-6(11)7(2)5-8(9,10)3-4-12-7/h3-5H2,1-2H3. The van der Waals surface area contributed by atoms with E-state index in [0.717, 1.165) is 0 Å². The van der Waals surface area contributed by atoms with Crippen LogP contribution in [0, 0.1) is 0 Å². The Hall–Kier alpha value is -0.510. The quantitative estimate of drug-likeness (QED) is 0.611. The number of hydrogen-bond acceptors (Lipinski definition) is 2. The van der Waals surface area contributed by atoms with Gasteiger partial charge in [0.25, 0.3) is 5.92 Å². The summed E-state index contributed by atoms with van der Waals surface area (Å²) in [6, 6.07) is 0. The molecular formula is C8H12F2O2. The minimum Gasteiger partial charge on any atom is -0.367 e. The Morgan fingerprint density at radius 2 is 2.08 bits per heavy atom. The van der Waals surface area contributed by atoms with Crippen LogP contribution in [-0.4, -0.2) is 23.9 Å². The molecule has 0 spiro atoms. The molecule has 12 heavy (non-hydrogen) atoms. The summed E-state index contributed by atoms with van der Waals surface area (Å²) in [6.07, 6.45) is -0.773. The lowest BCUT2D eigenvalue weighted by Gasteiger charge is -2.35. The zero-order chi connectivity index (χ0) is 9.41. The predicted octanol–water partition coefficient (Wildman–Crippen LogP) is 1.78. The summed E-state index contributed by atoms with van der Waals surface area (Å²) < 4.78 is 30.7. The summed E-state index contributed by atoms with van der Waals surface area (Å²) in [7, 11) is 0. The molecule has 0 N–H and O–H groups in total. The van der Waals surface area contributed by atoms with Gasteiger partial charge in [-0.1, -0.05) is 0 Å². The summed E-state index contributed by atoms with van der Waals surface area (Å²) in [6.45, 7) is 2.66. The summed E-state index contributed by atoms with van der Waals surface area (Å²) in [4.78, 5) is 11.0. The third kappa shape index (κ3) is 1.80. The molecule has 1 aliphatic heterocycles. The van der Waals surface area contributed by atoms with E-state index >= 15 is 0 Å². The normalized spacial score (nSPS) is 34.7. The number of ketones is 1. The molecule has 0 radical (unpaired) electrons. The first kappa shape index (κ1) is 9.58. The molecule has 0 amide bonds. The van der Waals surface area contributed by atoms with Crippen molar-refractivity contribution in [3.8, 4) is 0 Å². The van der Waals surface area contributed by atoms with Crippen molar-refractivity contribution in [3.63, 3.8) is 0 Å². The van der Waals surface area contributed by atoms with Crippen LogP contribution in [0.25, 0.3) is 0 Å². The van der Waals surface area contributed by atoms with Gasteiger partial charge in [0, 0.05) is 12.8 Å². The highest BCUT2D eigenvalue weighted by Crippen LogP contribution is 2.36. The second kappa shape index (κ2) is 2.76. The Morgan fingerprint density at radius 1 is 1.50 bits per heavy atom. The van der Waals surface area contributed by atoms with E-state index in [2.05, 4.69) is 0 Å². The average molecular weight is 178 g/mol. The summed E-state index contributed by atoms with van der Waals surface area (Å²) in [5.74, 6) is -3.08. The van der Waals surface area contributed by atoms with Crippen LogP contribution in [0.4, 0.5) is 8.78 Å². The molecule has 0 aliphatic carbocycles. The fraction of sp³-hybridized carbons (Fsp3) is 0.875. The topological polar surface area (TPSA) is 26.3 Å². The molecule has 4 heteroatoms. The van der Waals surface area contributed by atoms with Gasteiger partial charge in [-0.25, -0.2) is 8.78 Å². The number of alkyl halides is 2. The zero-order valence-corrected chi connectivity index (χ0v) is 7.19. The lowest BCUT2D eigenvalue weighted by Crippen LogP contribution is -2.47. The van der Waals surface area contributed by atoms with Gasteiger partial charge >= 0.3 is 0 Å². The molecule has 1 atom stereocenters. The first-order valence-electron chi connectivity index (χ1n) is 3.89. The van der Waals surface area contributed by atoms with Crippen molar-refractivity contribution in [3.05, 3.63) is 0 Å². The second-order valence-corrected chi connectivity index (χ2v) is 3.42. The fourth-order valence-electron chi connectivity index (χ4n) is 1.28. The number of rotatable bonds is 1. The van der Waals surface area contributed by atoms with Gasteiger partial charge < -0.3 is 4.74 Å². The molecular weight excluding hydrogens is 166 g/mol. The van der Waals surface area contributed by atoms with E-state index in [1.807, 2.05) is 0 Å². The number of halogens is 2. The van der Waals surface area contributed by atoms with E-state index in [4.69, 9.17) is 4.74 Å². The highest BCUT2D eigenvalue weighted by molar-refractivity contribution is 5.84. The van der Waals surface area contributed by atoms with Gasteiger partial charge in [-0.3, -0.25) is 4.79 Å².